The van der Waals surface area contributed by atoms with E-state index in [1.165, 1.54) is 25.3 Å². The zero-order valence-corrected chi connectivity index (χ0v) is 12.1. The first-order chi connectivity index (χ1) is 10.9. The molecule has 0 aliphatic heterocycles. The standard InChI is InChI=1S/C15H13FN2O5/c1-23-14-5-2-9(7-12(14)16)15(20)17-8-10-6-11(18(21)22)3-4-13(10)19/h2-7,19H,8H2,1H3,(H,17,20). The lowest BCUT2D eigenvalue weighted by Gasteiger charge is -2.08. The van der Waals surface area contributed by atoms with E-state index in [2.05, 4.69) is 5.32 Å². The van der Waals surface area contributed by atoms with Gasteiger partial charge < -0.3 is 15.2 Å². The molecule has 0 aromatic heterocycles. The van der Waals surface area contributed by atoms with Gasteiger partial charge in [0, 0.05) is 29.8 Å². The first-order valence-corrected chi connectivity index (χ1v) is 6.50. The average Bonchev–Trinajstić information content (AvgIpc) is 2.53. The van der Waals surface area contributed by atoms with Gasteiger partial charge in [-0.3, -0.25) is 14.9 Å². The van der Waals surface area contributed by atoms with Crippen molar-refractivity contribution in [3.8, 4) is 11.5 Å². The summed E-state index contributed by atoms with van der Waals surface area (Å²) in [4.78, 5) is 22.1. The van der Waals surface area contributed by atoms with Crippen LogP contribution in [0, 0.1) is 15.9 Å². The molecule has 1 amide bonds. The average molecular weight is 320 g/mol. The molecule has 23 heavy (non-hydrogen) atoms. The van der Waals surface area contributed by atoms with Gasteiger partial charge in [-0.1, -0.05) is 0 Å². The fourth-order valence-corrected chi connectivity index (χ4v) is 1.91. The van der Waals surface area contributed by atoms with E-state index in [0.29, 0.717) is 0 Å². The maximum Gasteiger partial charge on any atom is 0.270 e. The number of nitro benzene ring substituents is 1. The van der Waals surface area contributed by atoms with Crippen molar-refractivity contribution in [2.75, 3.05) is 7.11 Å². The molecule has 0 aliphatic carbocycles. The van der Waals surface area contributed by atoms with Crippen molar-refractivity contribution in [3.63, 3.8) is 0 Å². The van der Waals surface area contributed by atoms with E-state index in [1.54, 1.807) is 0 Å². The molecule has 0 spiro atoms. The van der Waals surface area contributed by atoms with E-state index in [1.807, 2.05) is 0 Å². The molecule has 2 N–H and O–H groups in total. The van der Waals surface area contributed by atoms with Gasteiger partial charge in [0.15, 0.2) is 11.6 Å². The SMILES string of the molecule is COc1ccc(C(=O)NCc2cc([N+](=O)[O-])ccc2O)cc1F. The van der Waals surface area contributed by atoms with Gasteiger partial charge in [0.1, 0.15) is 5.75 Å². The van der Waals surface area contributed by atoms with Gasteiger partial charge in [-0.05, 0) is 24.3 Å². The number of phenols is 1. The number of nitrogens with one attached hydrogen (secondary N) is 1. The van der Waals surface area contributed by atoms with Gasteiger partial charge in [0.05, 0.1) is 12.0 Å². The number of nitrogens with zero attached hydrogens (tertiary/aromatic N) is 1. The summed E-state index contributed by atoms with van der Waals surface area (Å²) in [6.07, 6.45) is 0. The third-order valence-corrected chi connectivity index (χ3v) is 3.13. The summed E-state index contributed by atoms with van der Waals surface area (Å²) in [5.41, 5.74) is 0.0392. The smallest absolute Gasteiger partial charge is 0.270 e. The number of ether oxygens (including phenoxy) is 1. The molecule has 2 aromatic carbocycles. The summed E-state index contributed by atoms with van der Waals surface area (Å²) in [5.74, 6) is -1.44. The van der Waals surface area contributed by atoms with Crippen molar-refractivity contribution in [1.29, 1.82) is 0 Å². The minimum atomic E-state index is -0.682. The van der Waals surface area contributed by atoms with Gasteiger partial charge in [-0.15, -0.1) is 0 Å². The van der Waals surface area contributed by atoms with Crippen molar-refractivity contribution in [3.05, 3.63) is 63.5 Å². The number of phenolic OH excluding ortho intramolecular Hbond substituents is 1. The Bertz CT molecular complexity index is 764. The van der Waals surface area contributed by atoms with Crippen molar-refractivity contribution in [1.82, 2.24) is 5.32 Å². The highest BCUT2D eigenvalue weighted by Crippen LogP contribution is 2.23. The molecule has 2 rings (SSSR count). The molecular formula is C15H13FN2O5. The van der Waals surface area contributed by atoms with Crippen LogP contribution in [0.1, 0.15) is 15.9 Å². The maximum atomic E-state index is 13.6. The van der Waals surface area contributed by atoms with Crippen molar-refractivity contribution in [2.45, 2.75) is 6.54 Å². The Morgan fingerprint density at radius 1 is 1.35 bits per heavy atom. The summed E-state index contributed by atoms with van der Waals surface area (Å²) >= 11 is 0. The normalized spacial score (nSPS) is 10.2. The molecule has 0 unspecified atom stereocenters. The number of nitro groups is 1. The number of methoxy groups -OCH3 is 1. The topological polar surface area (TPSA) is 102 Å². The van der Waals surface area contributed by atoms with Crippen LogP contribution in [0.15, 0.2) is 36.4 Å². The van der Waals surface area contributed by atoms with Crippen LogP contribution in [-0.4, -0.2) is 23.0 Å². The maximum absolute atomic E-state index is 13.6. The Labute approximate surface area is 130 Å². The molecule has 120 valence electrons. The monoisotopic (exact) mass is 320 g/mol. The van der Waals surface area contributed by atoms with E-state index in [9.17, 15) is 24.4 Å². The van der Waals surface area contributed by atoms with Crippen molar-refractivity contribution >= 4 is 11.6 Å². The van der Waals surface area contributed by atoms with Crippen LogP contribution in [0.2, 0.25) is 0 Å². The second-order valence-corrected chi connectivity index (χ2v) is 4.60. The van der Waals surface area contributed by atoms with Crippen LogP contribution in [0.5, 0.6) is 11.5 Å². The number of hydrogen-bond acceptors (Lipinski definition) is 5. The second kappa shape index (κ2) is 6.73. The summed E-state index contributed by atoms with van der Waals surface area (Å²) < 4.78 is 18.3. The number of non-ortho nitro benzene ring substituents is 1. The highest BCUT2D eigenvalue weighted by Gasteiger charge is 2.13. The van der Waals surface area contributed by atoms with Crippen LogP contribution >= 0.6 is 0 Å². The van der Waals surface area contributed by atoms with Crippen LogP contribution in [0.25, 0.3) is 0 Å². The lowest BCUT2D eigenvalue weighted by Crippen LogP contribution is -2.23. The molecular weight excluding hydrogens is 307 g/mol. The van der Waals surface area contributed by atoms with E-state index in [-0.39, 0.29) is 34.9 Å². The fraction of sp³-hybridized carbons (Fsp3) is 0.133. The Hall–Kier alpha value is -3.16. The minimum Gasteiger partial charge on any atom is -0.508 e. The third-order valence-electron chi connectivity index (χ3n) is 3.13. The third kappa shape index (κ3) is 3.73. The molecule has 2 aromatic rings. The summed E-state index contributed by atoms with van der Waals surface area (Å²) in [7, 11) is 1.31. The second-order valence-electron chi connectivity index (χ2n) is 4.60. The first kappa shape index (κ1) is 16.2. The van der Waals surface area contributed by atoms with Crippen LogP contribution in [0.4, 0.5) is 10.1 Å². The van der Waals surface area contributed by atoms with Crippen LogP contribution < -0.4 is 10.1 Å². The molecule has 0 fully saturated rings. The summed E-state index contributed by atoms with van der Waals surface area (Å²) in [5, 5.41) is 22.8. The largest absolute Gasteiger partial charge is 0.508 e. The molecule has 8 heteroatoms. The number of amides is 1. The Morgan fingerprint density at radius 2 is 2.09 bits per heavy atom. The summed E-state index contributed by atoms with van der Waals surface area (Å²) in [6.45, 7) is -0.139. The molecule has 7 nitrogen and oxygen atoms in total. The number of benzene rings is 2. The molecule has 0 heterocycles. The van der Waals surface area contributed by atoms with Crippen LogP contribution in [0.3, 0.4) is 0 Å². The van der Waals surface area contributed by atoms with Gasteiger partial charge in [0.2, 0.25) is 0 Å². The first-order valence-electron chi connectivity index (χ1n) is 6.50. The quantitative estimate of drug-likeness (QED) is 0.650. The van der Waals surface area contributed by atoms with E-state index in [4.69, 9.17) is 4.74 Å². The van der Waals surface area contributed by atoms with Crippen LogP contribution in [-0.2, 0) is 6.54 Å². The lowest BCUT2D eigenvalue weighted by molar-refractivity contribution is -0.384. The molecule has 0 saturated heterocycles. The number of halogens is 1. The Balaban J connectivity index is 2.11. The fourth-order valence-electron chi connectivity index (χ4n) is 1.91. The van der Waals surface area contributed by atoms with E-state index < -0.39 is 16.6 Å². The Morgan fingerprint density at radius 3 is 2.70 bits per heavy atom. The predicted octanol–water partition coefficient (Wildman–Crippen LogP) is 2.38. The van der Waals surface area contributed by atoms with Gasteiger partial charge >= 0.3 is 0 Å². The van der Waals surface area contributed by atoms with Gasteiger partial charge in [-0.25, -0.2) is 4.39 Å². The number of rotatable bonds is 5. The Kier molecular flexibility index (Phi) is 4.75. The molecule has 0 saturated carbocycles. The molecule has 0 bridgehead atoms. The lowest BCUT2D eigenvalue weighted by atomic mass is 10.1. The predicted molar refractivity (Wildman–Crippen MR) is 78.9 cm³/mol. The number of aromatic hydroxyl groups is 1. The number of hydrogen-bond donors (Lipinski definition) is 2. The van der Waals surface area contributed by atoms with E-state index >= 15 is 0 Å². The molecule has 0 atom stereocenters. The molecule has 0 radical (unpaired) electrons. The van der Waals surface area contributed by atoms with Gasteiger partial charge in [-0.2, -0.15) is 0 Å². The highest BCUT2D eigenvalue weighted by molar-refractivity contribution is 5.94. The van der Waals surface area contributed by atoms with Gasteiger partial charge in [0.25, 0.3) is 11.6 Å². The summed E-state index contributed by atoms with van der Waals surface area (Å²) in [6, 6.07) is 7.19. The molecule has 0 aliphatic rings. The minimum absolute atomic E-state index is 0.0119. The van der Waals surface area contributed by atoms with Crippen molar-refractivity contribution in [2.24, 2.45) is 0 Å². The zero-order chi connectivity index (χ0) is 17.0. The number of carbonyl (C=O) groups is 1. The zero-order valence-electron chi connectivity index (χ0n) is 12.1. The van der Waals surface area contributed by atoms with Crippen molar-refractivity contribution < 1.29 is 24.0 Å². The number of carbonyl (C=O) groups excluding carboxylic acids is 1. The van der Waals surface area contributed by atoms with E-state index in [0.717, 1.165) is 18.2 Å². The highest BCUT2D eigenvalue weighted by atomic mass is 19.1.